The number of carbonyl (C=O) groups is 1. The average molecular weight is 230 g/mol. The van der Waals surface area contributed by atoms with E-state index < -0.39 is 0 Å². The van der Waals surface area contributed by atoms with Crippen LogP contribution < -0.4 is 0 Å². The summed E-state index contributed by atoms with van der Waals surface area (Å²) >= 11 is 0. The lowest BCUT2D eigenvalue weighted by molar-refractivity contribution is 0.104. The maximum Gasteiger partial charge on any atom is 0.189 e. The Bertz CT molecular complexity index is 577. The first-order valence-electron chi connectivity index (χ1n) is 5.27. The normalized spacial score (nSPS) is 11.2. The molecule has 5 nitrogen and oxygen atoms in total. The maximum absolute atomic E-state index is 11.8. The summed E-state index contributed by atoms with van der Waals surface area (Å²) in [5.74, 6) is -0.0543. The number of hydrogen-bond acceptors (Lipinski definition) is 3. The molecule has 5 heteroatoms. The fraction of sp³-hybridized carbons (Fsp3) is 0.250. The monoisotopic (exact) mass is 230 g/mol. The van der Waals surface area contributed by atoms with Crippen LogP contribution in [0, 0.1) is 6.92 Å². The number of allylic oxidation sites excluding steroid dienone is 1. The van der Waals surface area contributed by atoms with Gasteiger partial charge in [-0.05, 0) is 19.1 Å². The number of aromatic nitrogens is 4. The second-order valence-corrected chi connectivity index (χ2v) is 3.94. The second-order valence-electron chi connectivity index (χ2n) is 3.94. The minimum absolute atomic E-state index is 0.0543. The van der Waals surface area contributed by atoms with Gasteiger partial charge in [0, 0.05) is 32.1 Å². The zero-order valence-corrected chi connectivity index (χ0v) is 10.1. The summed E-state index contributed by atoms with van der Waals surface area (Å²) in [5, 5.41) is 8.16. The van der Waals surface area contributed by atoms with E-state index in [9.17, 15) is 4.79 Å². The number of aryl methyl sites for hydroxylation is 3. The number of hydrogen-bond donors (Lipinski definition) is 0. The topological polar surface area (TPSA) is 52.7 Å². The van der Waals surface area contributed by atoms with Crippen LogP contribution in [0.2, 0.25) is 0 Å². The van der Waals surface area contributed by atoms with Gasteiger partial charge >= 0.3 is 0 Å². The Morgan fingerprint density at radius 1 is 1.29 bits per heavy atom. The van der Waals surface area contributed by atoms with Gasteiger partial charge in [0.1, 0.15) is 0 Å². The van der Waals surface area contributed by atoms with Crippen LogP contribution in [0.15, 0.2) is 24.7 Å². The molecule has 0 aliphatic rings. The molecular formula is C12H14N4O. The predicted octanol–water partition coefficient (Wildman–Crippen LogP) is 1.36. The second kappa shape index (κ2) is 4.37. The molecule has 0 amide bonds. The fourth-order valence-electron chi connectivity index (χ4n) is 1.59. The smallest absolute Gasteiger partial charge is 0.189 e. The highest BCUT2D eigenvalue weighted by Gasteiger charge is 2.04. The van der Waals surface area contributed by atoms with E-state index in [1.54, 1.807) is 41.0 Å². The lowest BCUT2D eigenvalue weighted by atomic mass is 10.2. The molecular weight excluding hydrogens is 216 g/mol. The van der Waals surface area contributed by atoms with Crippen LogP contribution in [0.25, 0.3) is 6.08 Å². The van der Waals surface area contributed by atoms with Crippen molar-refractivity contribution in [3.8, 4) is 0 Å². The molecule has 0 spiro atoms. The Balaban J connectivity index is 2.16. The third kappa shape index (κ3) is 2.50. The largest absolute Gasteiger partial charge is 0.289 e. The summed E-state index contributed by atoms with van der Waals surface area (Å²) in [4.78, 5) is 11.8. The summed E-state index contributed by atoms with van der Waals surface area (Å²) in [6.07, 6.45) is 8.45. The Morgan fingerprint density at radius 2 is 2.06 bits per heavy atom. The van der Waals surface area contributed by atoms with E-state index in [1.165, 1.54) is 0 Å². The summed E-state index contributed by atoms with van der Waals surface area (Å²) in [6, 6.07) is 0. The van der Waals surface area contributed by atoms with Gasteiger partial charge in [-0.15, -0.1) is 0 Å². The molecule has 0 aliphatic heterocycles. The van der Waals surface area contributed by atoms with E-state index in [-0.39, 0.29) is 5.78 Å². The number of ketones is 1. The Hall–Kier alpha value is -2.17. The van der Waals surface area contributed by atoms with E-state index in [1.807, 2.05) is 20.2 Å². The van der Waals surface area contributed by atoms with Crippen LogP contribution in [-0.4, -0.2) is 25.3 Å². The molecule has 0 unspecified atom stereocenters. The van der Waals surface area contributed by atoms with Gasteiger partial charge in [-0.3, -0.25) is 14.2 Å². The zero-order chi connectivity index (χ0) is 12.4. The molecule has 2 aromatic rings. The predicted molar refractivity (Wildman–Crippen MR) is 64.5 cm³/mol. The minimum Gasteiger partial charge on any atom is -0.289 e. The van der Waals surface area contributed by atoms with Gasteiger partial charge in [-0.2, -0.15) is 10.2 Å². The first kappa shape index (κ1) is 11.3. The first-order valence-corrected chi connectivity index (χ1v) is 5.27. The van der Waals surface area contributed by atoms with Crippen LogP contribution in [0.1, 0.15) is 21.6 Å². The molecule has 17 heavy (non-hydrogen) atoms. The Labute approximate surface area is 99.4 Å². The molecule has 0 N–H and O–H groups in total. The van der Waals surface area contributed by atoms with Crippen LogP contribution in [-0.2, 0) is 14.1 Å². The van der Waals surface area contributed by atoms with Crippen molar-refractivity contribution in [1.82, 2.24) is 19.6 Å². The van der Waals surface area contributed by atoms with E-state index in [4.69, 9.17) is 0 Å². The standard InChI is InChI=1S/C12H14N4O/c1-9-10(7-16(3)14-9)4-5-12(17)11-6-13-15(2)8-11/h4-8H,1-3H3/b5-4+. The van der Waals surface area contributed by atoms with Gasteiger partial charge in [0.25, 0.3) is 0 Å². The van der Waals surface area contributed by atoms with Crippen molar-refractivity contribution in [3.05, 3.63) is 41.5 Å². The number of rotatable bonds is 3. The molecule has 0 bridgehead atoms. The van der Waals surface area contributed by atoms with Gasteiger partial charge in [-0.1, -0.05) is 0 Å². The van der Waals surface area contributed by atoms with Crippen molar-refractivity contribution in [2.45, 2.75) is 6.92 Å². The van der Waals surface area contributed by atoms with Crippen molar-refractivity contribution in [2.75, 3.05) is 0 Å². The van der Waals surface area contributed by atoms with Gasteiger partial charge in [0.05, 0.1) is 17.5 Å². The van der Waals surface area contributed by atoms with Crippen molar-refractivity contribution < 1.29 is 4.79 Å². The molecule has 0 atom stereocenters. The van der Waals surface area contributed by atoms with Crippen molar-refractivity contribution in [2.24, 2.45) is 14.1 Å². The van der Waals surface area contributed by atoms with Crippen LogP contribution in [0.5, 0.6) is 0 Å². The number of nitrogens with zero attached hydrogens (tertiary/aromatic N) is 4. The van der Waals surface area contributed by atoms with Gasteiger partial charge in [0.2, 0.25) is 0 Å². The molecule has 2 aromatic heterocycles. The lowest BCUT2D eigenvalue weighted by Crippen LogP contribution is -1.91. The summed E-state index contributed by atoms with van der Waals surface area (Å²) in [7, 11) is 3.64. The van der Waals surface area contributed by atoms with Crippen molar-refractivity contribution in [1.29, 1.82) is 0 Å². The Kier molecular flexibility index (Phi) is 2.91. The zero-order valence-electron chi connectivity index (χ0n) is 10.1. The SMILES string of the molecule is Cc1nn(C)cc1/C=C/C(=O)c1cnn(C)c1. The molecule has 0 saturated heterocycles. The highest BCUT2D eigenvalue weighted by Crippen LogP contribution is 2.08. The highest BCUT2D eigenvalue weighted by molar-refractivity contribution is 6.06. The third-order valence-corrected chi connectivity index (χ3v) is 2.46. The maximum atomic E-state index is 11.8. The molecule has 0 aromatic carbocycles. The van der Waals surface area contributed by atoms with Crippen molar-refractivity contribution >= 4 is 11.9 Å². The van der Waals surface area contributed by atoms with Crippen LogP contribution in [0.3, 0.4) is 0 Å². The summed E-state index contributed by atoms with van der Waals surface area (Å²) in [6.45, 7) is 1.91. The van der Waals surface area contributed by atoms with E-state index >= 15 is 0 Å². The average Bonchev–Trinajstić information content (AvgIpc) is 2.82. The molecule has 88 valence electrons. The highest BCUT2D eigenvalue weighted by atomic mass is 16.1. The fourth-order valence-corrected chi connectivity index (χ4v) is 1.59. The number of carbonyl (C=O) groups excluding carboxylic acids is 1. The van der Waals surface area contributed by atoms with Crippen LogP contribution in [0.4, 0.5) is 0 Å². The van der Waals surface area contributed by atoms with Crippen LogP contribution >= 0.6 is 0 Å². The van der Waals surface area contributed by atoms with E-state index in [0.717, 1.165) is 11.3 Å². The van der Waals surface area contributed by atoms with Gasteiger partial charge in [-0.25, -0.2) is 0 Å². The first-order chi connectivity index (χ1) is 8.06. The lowest BCUT2D eigenvalue weighted by Gasteiger charge is -1.89. The molecule has 0 radical (unpaired) electrons. The quantitative estimate of drug-likeness (QED) is 0.591. The van der Waals surface area contributed by atoms with Crippen molar-refractivity contribution in [3.63, 3.8) is 0 Å². The van der Waals surface area contributed by atoms with Gasteiger partial charge in [0.15, 0.2) is 5.78 Å². The summed E-state index contributed by atoms with van der Waals surface area (Å²) in [5.41, 5.74) is 2.44. The molecule has 2 heterocycles. The molecule has 0 fully saturated rings. The van der Waals surface area contributed by atoms with Gasteiger partial charge < -0.3 is 0 Å². The third-order valence-electron chi connectivity index (χ3n) is 2.46. The van der Waals surface area contributed by atoms with E-state index in [0.29, 0.717) is 5.56 Å². The Morgan fingerprint density at radius 3 is 2.59 bits per heavy atom. The summed E-state index contributed by atoms with van der Waals surface area (Å²) < 4.78 is 3.33. The molecule has 0 aliphatic carbocycles. The molecule has 2 rings (SSSR count). The molecule has 0 saturated carbocycles. The van der Waals surface area contributed by atoms with E-state index in [2.05, 4.69) is 10.2 Å². The minimum atomic E-state index is -0.0543.